The maximum absolute atomic E-state index is 12.6. The summed E-state index contributed by atoms with van der Waals surface area (Å²) in [6.45, 7) is 3.92. The molecule has 0 aliphatic carbocycles. The summed E-state index contributed by atoms with van der Waals surface area (Å²) >= 11 is 0. The lowest BCUT2D eigenvalue weighted by atomic mass is 9.96. The van der Waals surface area contributed by atoms with Gasteiger partial charge in [0.2, 0.25) is 5.91 Å². The average molecular weight is 265 g/mol. The molecule has 2 aromatic rings. The Hall–Kier alpha value is -2.42. The highest BCUT2D eigenvalue weighted by molar-refractivity contribution is 6.24. The van der Waals surface area contributed by atoms with Crippen molar-refractivity contribution in [1.29, 1.82) is 0 Å². The van der Waals surface area contributed by atoms with E-state index in [4.69, 9.17) is 0 Å². The Kier molecular flexibility index (Phi) is 2.90. The van der Waals surface area contributed by atoms with E-state index in [1.165, 1.54) is 4.90 Å². The predicted octanol–water partition coefficient (Wildman–Crippen LogP) is 3.03. The van der Waals surface area contributed by atoms with Crippen LogP contribution < -0.4 is 4.90 Å². The fourth-order valence-corrected chi connectivity index (χ4v) is 2.47. The number of anilines is 1. The molecule has 0 saturated carbocycles. The van der Waals surface area contributed by atoms with Crippen LogP contribution >= 0.6 is 0 Å². The zero-order chi connectivity index (χ0) is 14.3. The Labute approximate surface area is 117 Å². The molecule has 1 aliphatic rings. The predicted molar refractivity (Wildman–Crippen MR) is 77.9 cm³/mol. The Morgan fingerprint density at radius 1 is 0.900 bits per heavy atom. The summed E-state index contributed by atoms with van der Waals surface area (Å²) in [6.07, 6.45) is 0.273. The second-order valence-corrected chi connectivity index (χ2v) is 5.21. The van der Waals surface area contributed by atoms with Crippen LogP contribution in [0.1, 0.15) is 27.0 Å². The van der Waals surface area contributed by atoms with E-state index in [0.29, 0.717) is 11.3 Å². The maximum atomic E-state index is 12.6. The fraction of sp³-hybridized carbons (Fsp3) is 0.176. The van der Waals surface area contributed by atoms with E-state index in [9.17, 15) is 9.59 Å². The number of carbonyl (C=O) groups is 2. The number of benzene rings is 2. The number of hydrogen-bond donors (Lipinski definition) is 0. The minimum absolute atomic E-state index is 0.171. The minimum Gasteiger partial charge on any atom is -0.274 e. The van der Waals surface area contributed by atoms with Crippen molar-refractivity contribution in [3.63, 3.8) is 0 Å². The molecule has 2 aromatic carbocycles. The SMILES string of the molecule is Cc1ccc(N2C(=O)Cc3ccc(C)cc3C2=O)cc1. The molecule has 0 N–H and O–H groups in total. The molecule has 1 heterocycles. The monoisotopic (exact) mass is 265 g/mol. The second-order valence-electron chi connectivity index (χ2n) is 5.21. The molecule has 0 bridgehead atoms. The normalized spacial score (nSPS) is 14.4. The maximum Gasteiger partial charge on any atom is 0.265 e. The Balaban J connectivity index is 2.07. The summed E-state index contributed by atoms with van der Waals surface area (Å²) in [5, 5.41) is 0. The largest absolute Gasteiger partial charge is 0.274 e. The molecular formula is C17H15NO2. The third-order valence-corrected chi connectivity index (χ3v) is 3.58. The minimum atomic E-state index is -0.233. The smallest absolute Gasteiger partial charge is 0.265 e. The van der Waals surface area contributed by atoms with E-state index in [2.05, 4.69) is 0 Å². The summed E-state index contributed by atoms with van der Waals surface area (Å²) < 4.78 is 0. The first-order valence-electron chi connectivity index (χ1n) is 6.60. The van der Waals surface area contributed by atoms with Crippen LogP contribution in [-0.2, 0) is 11.2 Å². The van der Waals surface area contributed by atoms with Gasteiger partial charge in [-0.3, -0.25) is 9.59 Å². The van der Waals surface area contributed by atoms with Crippen molar-refractivity contribution in [2.75, 3.05) is 4.90 Å². The number of amides is 2. The highest BCUT2D eigenvalue weighted by Crippen LogP contribution is 2.26. The van der Waals surface area contributed by atoms with Crippen molar-refractivity contribution in [3.8, 4) is 0 Å². The molecule has 0 unspecified atom stereocenters. The number of aryl methyl sites for hydroxylation is 2. The lowest BCUT2D eigenvalue weighted by Crippen LogP contribution is -2.42. The van der Waals surface area contributed by atoms with Gasteiger partial charge in [-0.05, 0) is 37.6 Å². The van der Waals surface area contributed by atoms with Crippen molar-refractivity contribution in [2.24, 2.45) is 0 Å². The molecule has 0 radical (unpaired) electrons. The van der Waals surface area contributed by atoms with Gasteiger partial charge < -0.3 is 0 Å². The first-order valence-corrected chi connectivity index (χ1v) is 6.60. The molecule has 3 rings (SSSR count). The lowest BCUT2D eigenvalue weighted by Gasteiger charge is -2.27. The molecule has 0 saturated heterocycles. The van der Waals surface area contributed by atoms with E-state index in [-0.39, 0.29) is 18.2 Å². The van der Waals surface area contributed by atoms with Crippen LogP contribution in [0.2, 0.25) is 0 Å². The van der Waals surface area contributed by atoms with Crippen LogP contribution in [0.15, 0.2) is 42.5 Å². The van der Waals surface area contributed by atoms with Crippen LogP contribution in [-0.4, -0.2) is 11.8 Å². The third kappa shape index (κ3) is 2.01. The summed E-state index contributed by atoms with van der Waals surface area (Å²) in [5.41, 5.74) is 4.20. The number of hydrogen-bond acceptors (Lipinski definition) is 2. The molecular weight excluding hydrogens is 250 g/mol. The molecule has 3 heteroatoms. The highest BCUT2D eigenvalue weighted by atomic mass is 16.2. The molecule has 100 valence electrons. The van der Waals surface area contributed by atoms with Gasteiger partial charge >= 0.3 is 0 Å². The van der Waals surface area contributed by atoms with Crippen LogP contribution in [0, 0.1) is 13.8 Å². The zero-order valence-electron chi connectivity index (χ0n) is 11.5. The molecule has 0 aromatic heterocycles. The van der Waals surface area contributed by atoms with E-state index in [0.717, 1.165) is 16.7 Å². The van der Waals surface area contributed by atoms with Crippen molar-refractivity contribution >= 4 is 17.5 Å². The topological polar surface area (TPSA) is 37.4 Å². The van der Waals surface area contributed by atoms with Crippen molar-refractivity contribution in [1.82, 2.24) is 0 Å². The first-order chi connectivity index (χ1) is 9.56. The molecule has 3 nitrogen and oxygen atoms in total. The number of rotatable bonds is 1. The van der Waals surface area contributed by atoms with Gasteiger partial charge in [0.05, 0.1) is 12.1 Å². The molecule has 0 atom stereocenters. The van der Waals surface area contributed by atoms with Gasteiger partial charge in [-0.1, -0.05) is 35.4 Å². The Morgan fingerprint density at radius 3 is 2.25 bits per heavy atom. The van der Waals surface area contributed by atoms with Crippen molar-refractivity contribution in [3.05, 3.63) is 64.7 Å². The highest BCUT2D eigenvalue weighted by Gasteiger charge is 2.31. The number of imide groups is 1. The molecule has 2 amide bonds. The number of carbonyl (C=O) groups excluding carboxylic acids is 2. The van der Waals surface area contributed by atoms with Crippen LogP contribution in [0.4, 0.5) is 5.69 Å². The second kappa shape index (κ2) is 4.60. The Bertz CT molecular complexity index is 701. The quantitative estimate of drug-likeness (QED) is 0.743. The average Bonchev–Trinajstić information content (AvgIpc) is 2.42. The van der Waals surface area contributed by atoms with E-state index >= 15 is 0 Å². The molecule has 0 fully saturated rings. The standard InChI is InChI=1S/C17H15NO2/c1-11-4-7-14(8-5-11)18-16(19)10-13-6-3-12(2)9-15(13)17(18)20/h3-9H,10H2,1-2H3. The van der Waals surface area contributed by atoms with Crippen LogP contribution in [0.25, 0.3) is 0 Å². The summed E-state index contributed by atoms with van der Waals surface area (Å²) in [5.74, 6) is -0.404. The lowest BCUT2D eigenvalue weighted by molar-refractivity contribution is -0.117. The number of fused-ring (bicyclic) bond motifs is 1. The van der Waals surface area contributed by atoms with Crippen LogP contribution in [0.5, 0.6) is 0 Å². The molecule has 1 aliphatic heterocycles. The number of nitrogens with zero attached hydrogens (tertiary/aromatic N) is 1. The van der Waals surface area contributed by atoms with E-state index in [1.54, 1.807) is 0 Å². The molecule has 0 spiro atoms. The molecule has 20 heavy (non-hydrogen) atoms. The van der Waals surface area contributed by atoms with Gasteiger partial charge in [-0.15, -0.1) is 0 Å². The summed E-state index contributed by atoms with van der Waals surface area (Å²) in [6, 6.07) is 13.1. The fourth-order valence-electron chi connectivity index (χ4n) is 2.47. The van der Waals surface area contributed by atoms with Gasteiger partial charge in [0.25, 0.3) is 5.91 Å². The van der Waals surface area contributed by atoms with E-state index < -0.39 is 0 Å². The summed E-state index contributed by atoms with van der Waals surface area (Å²) in [7, 11) is 0. The van der Waals surface area contributed by atoms with Gasteiger partial charge in [0, 0.05) is 5.56 Å². The van der Waals surface area contributed by atoms with E-state index in [1.807, 2.05) is 56.3 Å². The Morgan fingerprint density at radius 2 is 1.55 bits per heavy atom. The zero-order valence-corrected chi connectivity index (χ0v) is 11.5. The van der Waals surface area contributed by atoms with Gasteiger partial charge in [-0.2, -0.15) is 0 Å². The van der Waals surface area contributed by atoms with Gasteiger partial charge in [0.15, 0.2) is 0 Å². The van der Waals surface area contributed by atoms with Gasteiger partial charge in [-0.25, -0.2) is 4.90 Å². The third-order valence-electron chi connectivity index (χ3n) is 3.58. The summed E-state index contributed by atoms with van der Waals surface area (Å²) in [4.78, 5) is 26.1. The first kappa shape index (κ1) is 12.6. The van der Waals surface area contributed by atoms with Crippen LogP contribution in [0.3, 0.4) is 0 Å². The van der Waals surface area contributed by atoms with Crippen molar-refractivity contribution < 1.29 is 9.59 Å². The van der Waals surface area contributed by atoms with Gasteiger partial charge in [0.1, 0.15) is 0 Å². The van der Waals surface area contributed by atoms with Crippen molar-refractivity contribution in [2.45, 2.75) is 20.3 Å².